The van der Waals surface area contributed by atoms with E-state index < -0.39 is 0 Å². The van der Waals surface area contributed by atoms with E-state index in [-0.39, 0.29) is 0 Å². The number of benzene rings is 1. The van der Waals surface area contributed by atoms with E-state index in [1.807, 2.05) is 18.2 Å². The van der Waals surface area contributed by atoms with Crippen molar-refractivity contribution in [1.29, 1.82) is 0 Å². The summed E-state index contributed by atoms with van der Waals surface area (Å²) >= 11 is 0. The molecule has 2 fully saturated rings. The fourth-order valence-corrected chi connectivity index (χ4v) is 3.84. The fourth-order valence-electron chi connectivity index (χ4n) is 3.84. The number of rotatable bonds is 3. The molecular weight excluding hydrogens is 288 g/mol. The number of aromatic nitrogens is 2. The van der Waals surface area contributed by atoms with E-state index in [0.717, 1.165) is 49.1 Å². The average molecular weight is 312 g/mol. The second-order valence-corrected chi connectivity index (χ2v) is 6.54. The van der Waals surface area contributed by atoms with Crippen LogP contribution in [0.4, 0.5) is 5.82 Å². The third-order valence-corrected chi connectivity index (χ3v) is 5.14. The topological polar surface area (TPSA) is 50.3 Å². The molecule has 1 aromatic heterocycles. The lowest BCUT2D eigenvalue weighted by molar-refractivity contribution is 0.00791. The molecular formula is C18H24N4O. The quantitative estimate of drug-likeness (QED) is 0.944. The molecule has 0 spiro atoms. The van der Waals surface area contributed by atoms with Crippen molar-refractivity contribution in [1.82, 2.24) is 14.9 Å². The van der Waals surface area contributed by atoms with Crippen LogP contribution in [0.25, 0.3) is 10.9 Å². The average Bonchev–Trinajstić information content (AvgIpc) is 2.63. The lowest BCUT2D eigenvalue weighted by atomic mass is 9.90. The van der Waals surface area contributed by atoms with Gasteiger partial charge in [-0.25, -0.2) is 9.97 Å². The van der Waals surface area contributed by atoms with Crippen LogP contribution < -0.4 is 5.32 Å². The number of ether oxygens (including phenoxy) is 1. The van der Waals surface area contributed by atoms with Crippen LogP contribution in [0.5, 0.6) is 0 Å². The summed E-state index contributed by atoms with van der Waals surface area (Å²) in [7, 11) is 0. The molecule has 0 radical (unpaired) electrons. The predicted molar refractivity (Wildman–Crippen MR) is 91.6 cm³/mol. The van der Waals surface area contributed by atoms with Crippen LogP contribution in [0, 0.1) is 0 Å². The second kappa shape index (κ2) is 6.81. The molecule has 0 unspecified atom stereocenters. The third kappa shape index (κ3) is 3.31. The van der Waals surface area contributed by atoms with Gasteiger partial charge < -0.3 is 10.1 Å². The van der Waals surface area contributed by atoms with Gasteiger partial charge in [-0.3, -0.25) is 4.90 Å². The summed E-state index contributed by atoms with van der Waals surface area (Å²) in [5, 5.41) is 4.77. The summed E-state index contributed by atoms with van der Waals surface area (Å²) in [6.07, 6.45) is 6.60. The minimum absolute atomic E-state index is 0.519. The maximum Gasteiger partial charge on any atom is 0.137 e. The number of para-hydroxylation sites is 1. The Balaban J connectivity index is 1.39. The van der Waals surface area contributed by atoms with E-state index in [9.17, 15) is 0 Å². The Bertz CT molecular complexity index is 643. The summed E-state index contributed by atoms with van der Waals surface area (Å²) in [5.41, 5.74) is 1.01. The third-order valence-electron chi connectivity index (χ3n) is 5.14. The molecule has 2 aliphatic rings. The summed E-state index contributed by atoms with van der Waals surface area (Å²) in [6.45, 7) is 3.98. The fraction of sp³-hybridized carbons (Fsp3) is 0.556. The monoisotopic (exact) mass is 312 g/mol. The molecule has 23 heavy (non-hydrogen) atoms. The summed E-state index contributed by atoms with van der Waals surface area (Å²) in [5.74, 6) is 0.977. The molecule has 2 aromatic rings. The van der Waals surface area contributed by atoms with Crippen LogP contribution in [-0.4, -0.2) is 53.3 Å². The van der Waals surface area contributed by atoms with Crippen molar-refractivity contribution in [2.75, 3.05) is 31.6 Å². The number of hydrogen-bond acceptors (Lipinski definition) is 5. The van der Waals surface area contributed by atoms with E-state index in [1.54, 1.807) is 6.33 Å². The van der Waals surface area contributed by atoms with Gasteiger partial charge in [-0.1, -0.05) is 12.1 Å². The van der Waals surface area contributed by atoms with Gasteiger partial charge in [0.15, 0.2) is 0 Å². The maximum atomic E-state index is 5.46. The number of morpholine rings is 1. The first kappa shape index (κ1) is 14.8. The predicted octanol–water partition coefficient (Wildman–Crippen LogP) is 2.69. The standard InChI is InChI=1S/C18H24N4O/c1-2-4-17-16(3-1)18(20-13-19-17)21-14-5-7-15(8-6-14)22-9-11-23-12-10-22/h1-4,13-15H,5-12H2,(H,19,20,21). The second-order valence-electron chi connectivity index (χ2n) is 6.54. The van der Waals surface area contributed by atoms with Gasteiger partial charge in [-0.15, -0.1) is 0 Å². The van der Waals surface area contributed by atoms with Crippen molar-refractivity contribution in [3.63, 3.8) is 0 Å². The highest BCUT2D eigenvalue weighted by atomic mass is 16.5. The molecule has 1 saturated carbocycles. The molecule has 5 heteroatoms. The lowest BCUT2D eigenvalue weighted by Gasteiger charge is -2.39. The molecule has 1 aromatic carbocycles. The highest BCUT2D eigenvalue weighted by molar-refractivity contribution is 5.88. The van der Waals surface area contributed by atoms with Gasteiger partial charge in [0.2, 0.25) is 0 Å². The Hall–Kier alpha value is -1.72. The number of fused-ring (bicyclic) bond motifs is 1. The SMILES string of the molecule is c1ccc2c(NC3CCC(N4CCOCC4)CC3)ncnc2c1. The van der Waals surface area contributed by atoms with E-state index in [0.29, 0.717) is 6.04 Å². The molecule has 0 amide bonds. The highest BCUT2D eigenvalue weighted by Gasteiger charge is 2.27. The Morgan fingerprint density at radius 3 is 2.61 bits per heavy atom. The summed E-state index contributed by atoms with van der Waals surface area (Å²) in [4.78, 5) is 11.4. The van der Waals surface area contributed by atoms with E-state index >= 15 is 0 Å². The van der Waals surface area contributed by atoms with Crippen LogP contribution in [-0.2, 0) is 4.74 Å². The van der Waals surface area contributed by atoms with E-state index in [2.05, 4.69) is 26.3 Å². The van der Waals surface area contributed by atoms with Crippen LogP contribution in [0.1, 0.15) is 25.7 Å². The highest BCUT2D eigenvalue weighted by Crippen LogP contribution is 2.27. The number of anilines is 1. The Morgan fingerprint density at radius 1 is 1.00 bits per heavy atom. The van der Waals surface area contributed by atoms with Gasteiger partial charge in [-0.05, 0) is 37.8 Å². The molecule has 2 heterocycles. The minimum atomic E-state index is 0.519. The lowest BCUT2D eigenvalue weighted by Crippen LogP contribution is -2.46. The van der Waals surface area contributed by atoms with E-state index in [1.165, 1.54) is 25.7 Å². The first-order valence-electron chi connectivity index (χ1n) is 8.68. The van der Waals surface area contributed by atoms with Crippen molar-refractivity contribution in [3.8, 4) is 0 Å². The molecule has 1 saturated heterocycles. The first-order valence-corrected chi connectivity index (χ1v) is 8.68. The molecule has 0 bridgehead atoms. The first-order chi connectivity index (χ1) is 11.4. The molecule has 4 rings (SSSR count). The summed E-state index contributed by atoms with van der Waals surface area (Å²) < 4.78 is 5.46. The maximum absolute atomic E-state index is 5.46. The van der Waals surface area contributed by atoms with Crippen LogP contribution in [0.2, 0.25) is 0 Å². The molecule has 1 N–H and O–H groups in total. The van der Waals surface area contributed by atoms with Crippen molar-refractivity contribution in [3.05, 3.63) is 30.6 Å². The van der Waals surface area contributed by atoms with Gasteiger partial charge in [0, 0.05) is 30.6 Å². The number of nitrogens with zero attached hydrogens (tertiary/aromatic N) is 3. The van der Waals surface area contributed by atoms with E-state index in [4.69, 9.17) is 4.74 Å². The van der Waals surface area contributed by atoms with Crippen molar-refractivity contribution >= 4 is 16.7 Å². The molecule has 122 valence electrons. The van der Waals surface area contributed by atoms with Gasteiger partial charge in [0.25, 0.3) is 0 Å². The smallest absolute Gasteiger partial charge is 0.137 e. The van der Waals surface area contributed by atoms with Crippen LogP contribution in [0.3, 0.4) is 0 Å². The minimum Gasteiger partial charge on any atom is -0.379 e. The van der Waals surface area contributed by atoms with Crippen molar-refractivity contribution in [2.45, 2.75) is 37.8 Å². The summed E-state index contributed by atoms with van der Waals surface area (Å²) in [6, 6.07) is 9.46. The Kier molecular flexibility index (Phi) is 4.39. The van der Waals surface area contributed by atoms with Crippen LogP contribution in [0.15, 0.2) is 30.6 Å². The Labute approximate surface area is 137 Å². The molecule has 5 nitrogen and oxygen atoms in total. The zero-order valence-corrected chi connectivity index (χ0v) is 13.4. The molecule has 0 atom stereocenters. The largest absolute Gasteiger partial charge is 0.379 e. The Morgan fingerprint density at radius 2 is 1.78 bits per heavy atom. The van der Waals surface area contributed by atoms with Crippen molar-refractivity contribution in [2.24, 2.45) is 0 Å². The normalized spacial score (nSPS) is 26.3. The molecule has 1 aliphatic carbocycles. The zero-order valence-electron chi connectivity index (χ0n) is 13.4. The van der Waals surface area contributed by atoms with Crippen LogP contribution >= 0.6 is 0 Å². The van der Waals surface area contributed by atoms with Gasteiger partial charge >= 0.3 is 0 Å². The molecule has 1 aliphatic heterocycles. The van der Waals surface area contributed by atoms with Crippen molar-refractivity contribution < 1.29 is 4.74 Å². The number of nitrogens with one attached hydrogen (secondary N) is 1. The van der Waals surface area contributed by atoms with Gasteiger partial charge in [0.05, 0.1) is 18.7 Å². The van der Waals surface area contributed by atoms with Gasteiger partial charge in [0.1, 0.15) is 12.1 Å². The van der Waals surface area contributed by atoms with Gasteiger partial charge in [-0.2, -0.15) is 0 Å². The number of hydrogen-bond donors (Lipinski definition) is 1. The zero-order chi connectivity index (χ0) is 15.5.